The molecule has 1 spiro atoms. The molecule has 0 radical (unpaired) electrons. The van der Waals surface area contributed by atoms with E-state index in [0.29, 0.717) is 5.92 Å². The van der Waals surface area contributed by atoms with Crippen molar-refractivity contribution in [3.63, 3.8) is 0 Å². The number of fused-ring (bicyclic) bond motifs is 7. The van der Waals surface area contributed by atoms with Gasteiger partial charge in [0.25, 0.3) is 0 Å². The van der Waals surface area contributed by atoms with Gasteiger partial charge in [0, 0.05) is 45.0 Å². The van der Waals surface area contributed by atoms with Crippen molar-refractivity contribution < 1.29 is 0 Å². The van der Waals surface area contributed by atoms with E-state index in [1.807, 2.05) is 0 Å². The predicted molar refractivity (Wildman–Crippen MR) is 248 cm³/mol. The molecule has 11 rings (SSSR count). The molecule has 59 heavy (non-hydrogen) atoms. The summed E-state index contributed by atoms with van der Waals surface area (Å²) in [6, 6.07) is 60.3. The smallest absolute Gasteiger partial charge is 0.0468 e. The van der Waals surface area contributed by atoms with Gasteiger partial charge in [-0.1, -0.05) is 118 Å². The van der Waals surface area contributed by atoms with Crippen LogP contribution >= 0.6 is 0 Å². The molecule has 0 saturated heterocycles. The Bertz CT molecular complexity index is 2640. The van der Waals surface area contributed by atoms with Gasteiger partial charge in [-0.25, -0.2) is 0 Å². The van der Waals surface area contributed by atoms with Crippen molar-refractivity contribution in [2.75, 3.05) is 9.80 Å². The average Bonchev–Trinajstić information content (AvgIpc) is 3.92. The molecule has 0 bridgehead atoms. The SMILES string of the molecule is Cc1cccc2c1-c1cc(N(c3ccc(C4CCCCC4)cc3)c3ccc4c(c3)[C@]3(CCc5ccc(N(c6ccccc6)c6ccccc6)cc53)CC4)ccc1C2(C)C. The van der Waals surface area contributed by atoms with Gasteiger partial charge in [0.2, 0.25) is 0 Å². The highest BCUT2D eigenvalue weighted by Gasteiger charge is 2.45. The summed E-state index contributed by atoms with van der Waals surface area (Å²) in [5, 5.41) is 0. The second kappa shape index (κ2) is 14.2. The Kier molecular flexibility index (Phi) is 8.70. The Morgan fingerprint density at radius 2 is 0.983 bits per heavy atom. The van der Waals surface area contributed by atoms with Crippen LogP contribution in [0.15, 0.2) is 158 Å². The summed E-state index contributed by atoms with van der Waals surface area (Å²) < 4.78 is 0. The van der Waals surface area contributed by atoms with Crippen LogP contribution < -0.4 is 9.80 Å². The number of nitrogens with zero attached hydrogens (tertiary/aromatic N) is 2. The van der Waals surface area contributed by atoms with Crippen molar-refractivity contribution >= 4 is 34.1 Å². The van der Waals surface area contributed by atoms with E-state index >= 15 is 0 Å². The average molecular weight is 767 g/mol. The van der Waals surface area contributed by atoms with Gasteiger partial charge < -0.3 is 9.80 Å². The van der Waals surface area contributed by atoms with Gasteiger partial charge in [0.15, 0.2) is 0 Å². The predicted octanol–water partition coefficient (Wildman–Crippen LogP) is 15.5. The topological polar surface area (TPSA) is 6.48 Å². The van der Waals surface area contributed by atoms with E-state index in [2.05, 4.69) is 188 Å². The van der Waals surface area contributed by atoms with Crippen molar-refractivity contribution in [3.05, 3.63) is 202 Å². The molecule has 0 N–H and O–H groups in total. The monoisotopic (exact) mass is 766 g/mol. The van der Waals surface area contributed by atoms with Crippen molar-refractivity contribution in [2.24, 2.45) is 0 Å². The van der Waals surface area contributed by atoms with Gasteiger partial charge in [-0.05, 0) is 180 Å². The number of para-hydroxylation sites is 2. The molecule has 1 fully saturated rings. The number of hydrogen-bond acceptors (Lipinski definition) is 2. The lowest BCUT2D eigenvalue weighted by Gasteiger charge is -2.32. The van der Waals surface area contributed by atoms with E-state index in [1.165, 1.54) is 122 Å². The van der Waals surface area contributed by atoms with Crippen LogP contribution in [0.2, 0.25) is 0 Å². The third-order valence-electron chi connectivity index (χ3n) is 14.8. The number of benzene rings is 7. The van der Waals surface area contributed by atoms with Gasteiger partial charge in [0.05, 0.1) is 0 Å². The number of rotatable bonds is 7. The van der Waals surface area contributed by atoms with E-state index in [9.17, 15) is 0 Å². The minimum absolute atomic E-state index is 0.00967. The maximum absolute atomic E-state index is 2.58. The minimum atomic E-state index is -0.0348. The molecule has 1 saturated carbocycles. The summed E-state index contributed by atoms with van der Waals surface area (Å²) >= 11 is 0. The van der Waals surface area contributed by atoms with E-state index in [4.69, 9.17) is 0 Å². The molecule has 0 unspecified atom stereocenters. The van der Waals surface area contributed by atoms with Crippen molar-refractivity contribution in [1.82, 2.24) is 0 Å². The molecule has 4 aliphatic carbocycles. The first-order valence-electron chi connectivity index (χ1n) is 22.2. The zero-order valence-corrected chi connectivity index (χ0v) is 34.8. The highest BCUT2D eigenvalue weighted by Crippen LogP contribution is 2.56. The van der Waals surface area contributed by atoms with Crippen molar-refractivity contribution in [1.29, 1.82) is 0 Å². The van der Waals surface area contributed by atoms with Gasteiger partial charge in [0.1, 0.15) is 0 Å². The molecule has 2 nitrogen and oxygen atoms in total. The third-order valence-corrected chi connectivity index (χ3v) is 14.8. The molecule has 292 valence electrons. The quantitative estimate of drug-likeness (QED) is 0.159. The highest BCUT2D eigenvalue weighted by atomic mass is 15.1. The van der Waals surface area contributed by atoms with Gasteiger partial charge >= 0.3 is 0 Å². The molecule has 0 heterocycles. The Balaban J connectivity index is 1.04. The zero-order chi connectivity index (χ0) is 39.7. The van der Waals surface area contributed by atoms with Crippen LogP contribution in [-0.4, -0.2) is 0 Å². The second-order valence-corrected chi connectivity index (χ2v) is 18.4. The Morgan fingerprint density at radius 1 is 0.458 bits per heavy atom. The first-order valence-corrected chi connectivity index (χ1v) is 22.2. The molecule has 0 aliphatic heterocycles. The fourth-order valence-corrected chi connectivity index (χ4v) is 11.7. The molecular formula is C57H54N2. The van der Waals surface area contributed by atoms with Gasteiger partial charge in [-0.15, -0.1) is 0 Å². The number of aryl methyl sites for hydroxylation is 3. The second-order valence-electron chi connectivity index (χ2n) is 18.4. The number of hydrogen-bond donors (Lipinski definition) is 0. The number of anilines is 6. The fourth-order valence-electron chi connectivity index (χ4n) is 11.7. The van der Waals surface area contributed by atoms with E-state index in [1.54, 1.807) is 0 Å². The summed E-state index contributed by atoms with van der Waals surface area (Å²) in [5.41, 5.74) is 21.8. The van der Waals surface area contributed by atoms with Crippen LogP contribution in [0, 0.1) is 6.92 Å². The molecule has 1 atom stereocenters. The van der Waals surface area contributed by atoms with Crippen molar-refractivity contribution in [2.45, 2.75) is 95.3 Å². The molecule has 2 heteroatoms. The van der Waals surface area contributed by atoms with E-state index in [0.717, 1.165) is 25.7 Å². The third kappa shape index (κ3) is 5.89. The molecular weight excluding hydrogens is 713 g/mol. The molecule has 7 aromatic rings. The highest BCUT2D eigenvalue weighted by molar-refractivity contribution is 5.88. The van der Waals surface area contributed by atoms with Crippen LogP contribution in [0.25, 0.3) is 11.1 Å². The van der Waals surface area contributed by atoms with Gasteiger partial charge in [-0.3, -0.25) is 0 Å². The lowest BCUT2D eigenvalue weighted by Crippen LogP contribution is -2.22. The molecule has 7 aromatic carbocycles. The van der Waals surface area contributed by atoms with Crippen LogP contribution in [0.3, 0.4) is 0 Å². The Hall–Kier alpha value is -5.86. The summed E-state index contributed by atoms with van der Waals surface area (Å²) in [4.78, 5) is 4.98. The standard InChI is InChI=1S/C57H54N2/c1-39-14-13-21-52-55(39)50-36-47(30-31-51(50)56(52,2)3)59(46-26-22-41(23-27-46)40-15-7-4-8-16-40)49-29-25-43-33-35-57(54(43)38-49)34-32-42-24-28-48(37-53(42)57)58(44-17-9-5-10-18-44)45-19-11-6-12-20-45/h5-6,9-14,17-31,36-38,40H,4,7-8,15-16,32-35H2,1-3H3/t57-/m1/s1. The van der Waals surface area contributed by atoms with Crippen LogP contribution in [0.5, 0.6) is 0 Å². The van der Waals surface area contributed by atoms with E-state index in [-0.39, 0.29) is 10.8 Å². The Morgan fingerprint density at radius 3 is 1.59 bits per heavy atom. The lowest BCUT2D eigenvalue weighted by atomic mass is 9.76. The van der Waals surface area contributed by atoms with Gasteiger partial charge in [-0.2, -0.15) is 0 Å². The van der Waals surface area contributed by atoms with Crippen LogP contribution in [0.1, 0.15) is 109 Å². The molecule has 0 aromatic heterocycles. The van der Waals surface area contributed by atoms with Crippen molar-refractivity contribution in [3.8, 4) is 11.1 Å². The molecule has 0 amide bonds. The van der Waals surface area contributed by atoms with E-state index < -0.39 is 0 Å². The lowest BCUT2D eigenvalue weighted by molar-refractivity contribution is 0.443. The summed E-state index contributed by atoms with van der Waals surface area (Å²) in [7, 11) is 0. The van der Waals surface area contributed by atoms with Crippen LogP contribution in [0.4, 0.5) is 34.1 Å². The summed E-state index contributed by atoms with van der Waals surface area (Å²) in [5.74, 6) is 0.680. The maximum Gasteiger partial charge on any atom is 0.0468 e. The summed E-state index contributed by atoms with van der Waals surface area (Å²) in [6.07, 6.45) is 11.2. The first-order chi connectivity index (χ1) is 28.9. The first kappa shape index (κ1) is 36.2. The van der Waals surface area contributed by atoms with Crippen LogP contribution in [-0.2, 0) is 23.7 Å². The fraction of sp³-hybridized carbons (Fsp3) is 0.263. The summed E-state index contributed by atoms with van der Waals surface area (Å²) in [6.45, 7) is 7.06. The minimum Gasteiger partial charge on any atom is -0.310 e. The Labute approximate surface area is 351 Å². The normalized spacial score (nSPS) is 18.6. The zero-order valence-electron chi connectivity index (χ0n) is 34.8. The largest absolute Gasteiger partial charge is 0.310 e. The molecule has 4 aliphatic rings. The maximum atomic E-state index is 2.58.